The first-order chi connectivity index (χ1) is 18.2. The molecule has 202 valence electrons. The molecule has 10 nitrogen and oxygen atoms in total. The minimum Gasteiger partial charge on any atom is -0.369 e. The van der Waals surface area contributed by atoms with Crippen LogP contribution in [-0.2, 0) is 9.59 Å². The van der Waals surface area contributed by atoms with Crippen molar-refractivity contribution >= 4 is 63.8 Å². The number of rotatable bonds is 6. The zero-order valence-corrected chi connectivity index (χ0v) is 22.4. The van der Waals surface area contributed by atoms with Crippen molar-refractivity contribution in [3.05, 3.63) is 34.2 Å². The highest BCUT2D eigenvalue weighted by molar-refractivity contribution is 6.39. The first kappa shape index (κ1) is 26.4. The van der Waals surface area contributed by atoms with E-state index in [0.717, 1.165) is 19.4 Å². The molecule has 3 aromatic rings. The van der Waals surface area contributed by atoms with Gasteiger partial charge in [0.2, 0.25) is 23.7 Å². The Bertz CT molecular complexity index is 1350. The van der Waals surface area contributed by atoms with Crippen molar-refractivity contribution in [2.45, 2.75) is 57.5 Å². The summed E-state index contributed by atoms with van der Waals surface area (Å²) in [5, 5.41) is 6.78. The maximum Gasteiger partial charge on any atom is 0.225 e. The Morgan fingerprint density at radius 3 is 2.47 bits per heavy atom. The number of hydrogen-bond acceptors (Lipinski definition) is 7. The van der Waals surface area contributed by atoms with Crippen LogP contribution in [0, 0.1) is 11.7 Å². The Balaban J connectivity index is 1.50. The molecule has 0 unspecified atom stereocenters. The van der Waals surface area contributed by atoms with E-state index in [1.54, 1.807) is 13.1 Å². The van der Waals surface area contributed by atoms with Crippen LogP contribution in [0.4, 0.5) is 22.0 Å². The monoisotopic (exact) mass is 562 g/mol. The molecule has 2 fully saturated rings. The minimum atomic E-state index is -0.545. The number of likely N-dealkylation sites (tertiary alicyclic amines) is 1. The lowest BCUT2D eigenvalue weighted by atomic mass is 9.85. The number of anilines is 3. The quantitative estimate of drug-likeness (QED) is 0.398. The highest BCUT2D eigenvalue weighted by Crippen LogP contribution is 2.39. The molecule has 1 atom stereocenters. The first-order valence-corrected chi connectivity index (χ1v) is 13.4. The van der Waals surface area contributed by atoms with Gasteiger partial charge in [-0.1, -0.05) is 23.2 Å². The SMILES string of the molecule is CC(=O)N1CCC[C@@H](Nc2ncc3nc(Nc4c(Cl)cc(F)cc4Cl)n([C@H]4CC[C@H](C(N)=O)CC4)c3n2)C1. The summed E-state index contributed by atoms with van der Waals surface area (Å²) in [4.78, 5) is 39.4. The first-order valence-electron chi connectivity index (χ1n) is 12.7. The van der Waals surface area contributed by atoms with E-state index < -0.39 is 5.82 Å². The van der Waals surface area contributed by atoms with E-state index in [9.17, 15) is 14.0 Å². The van der Waals surface area contributed by atoms with E-state index in [-0.39, 0.29) is 39.9 Å². The number of nitrogens with one attached hydrogen (secondary N) is 2. The summed E-state index contributed by atoms with van der Waals surface area (Å²) < 4.78 is 15.8. The fourth-order valence-electron chi connectivity index (χ4n) is 5.35. The molecule has 0 spiro atoms. The number of carbonyl (C=O) groups excluding carboxylic acids is 2. The third-order valence-electron chi connectivity index (χ3n) is 7.34. The molecule has 38 heavy (non-hydrogen) atoms. The third kappa shape index (κ3) is 5.49. The van der Waals surface area contributed by atoms with Crippen molar-refractivity contribution in [3.63, 3.8) is 0 Å². The van der Waals surface area contributed by atoms with Crippen LogP contribution in [0.2, 0.25) is 10.0 Å². The minimum absolute atomic E-state index is 0.0262. The highest BCUT2D eigenvalue weighted by Gasteiger charge is 2.30. The van der Waals surface area contributed by atoms with Crippen molar-refractivity contribution in [1.29, 1.82) is 0 Å². The van der Waals surface area contributed by atoms with Crippen molar-refractivity contribution in [3.8, 4) is 0 Å². The number of amides is 2. The lowest BCUT2D eigenvalue weighted by Crippen LogP contribution is -2.44. The second-order valence-corrected chi connectivity index (χ2v) is 10.7. The molecule has 1 aliphatic heterocycles. The van der Waals surface area contributed by atoms with Gasteiger partial charge >= 0.3 is 0 Å². The van der Waals surface area contributed by atoms with Crippen LogP contribution in [0.25, 0.3) is 11.2 Å². The van der Waals surface area contributed by atoms with Gasteiger partial charge < -0.3 is 21.3 Å². The molecule has 1 saturated heterocycles. The van der Waals surface area contributed by atoms with Gasteiger partial charge in [0, 0.05) is 38.0 Å². The number of primary amides is 1. The number of benzene rings is 1. The number of carbonyl (C=O) groups is 2. The van der Waals surface area contributed by atoms with E-state index in [4.69, 9.17) is 38.9 Å². The second kappa shape index (κ2) is 10.9. The van der Waals surface area contributed by atoms with Gasteiger partial charge in [-0.15, -0.1) is 0 Å². The Hall–Kier alpha value is -3.18. The highest BCUT2D eigenvalue weighted by atomic mass is 35.5. The number of nitrogens with zero attached hydrogens (tertiary/aromatic N) is 5. The molecule has 2 aromatic heterocycles. The maximum absolute atomic E-state index is 13.8. The van der Waals surface area contributed by atoms with Crippen LogP contribution in [0.15, 0.2) is 18.3 Å². The summed E-state index contributed by atoms with van der Waals surface area (Å²) in [6.45, 7) is 2.91. The van der Waals surface area contributed by atoms with Gasteiger partial charge in [-0.05, 0) is 50.7 Å². The second-order valence-electron chi connectivity index (χ2n) is 9.93. The fraction of sp³-hybridized carbons (Fsp3) is 0.480. The molecular formula is C25H29Cl2FN8O2. The Kier molecular flexibility index (Phi) is 7.58. The fourth-order valence-corrected chi connectivity index (χ4v) is 5.90. The Morgan fingerprint density at radius 2 is 1.82 bits per heavy atom. The number of halogens is 3. The molecule has 1 aromatic carbocycles. The summed E-state index contributed by atoms with van der Waals surface area (Å²) in [6.07, 6.45) is 6.13. The van der Waals surface area contributed by atoms with Gasteiger partial charge in [0.15, 0.2) is 5.65 Å². The predicted octanol–water partition coefficient (Wildman–Crippen LogP) is 4.66. The van der Waals surface area contributed by atoms with Crippen LogP contribution < -0.4 is 16.4 Å². The average Bonchev–Trinajstić information content (AvgIpc) is 3.23. The number of nitrogens with two attached hydrogens (primary N) is 1. The largest absolute Gasteiger partial charge is 0.369 e. The third-order valence-corrected chi connectivity index (χ3v) is 7.94. The standard InChI is InChI=1S/C25H29Cl2FN8O2/c1-13(37)35-8-2-3-16(12-35)31-24-30-11-20-23(34-24)36(17-6-4-14(5-7-17)22(29)38)25(32-20)33-21-18(26)9-15(28)10-19(21)27/h9-11,14,16-17H,2-8,12H2,1H3,(H2,29,38)(H,32,33)(H,30,31,34)/t14-,16-,17-/m1/s1. The maximum atomic E-state index is 13.8. The van der Waals surface area contributed by atoms with E-state index >= 15 is 0 Å². The molecule has 0 radical (unpaired) electrons. The smallest absolute Gasteiger partial charge is 0.225 e. The lowest BCUT2D eigenvalue weighted by Gasteiger charge is -2.32. The molecule has 2 aliphatic rings. The van der Waals surface area contributed by atoms with Crippen molar-refractivity contribution in [2.75, 3.05) is 23.7 Å². The number of piperidine rings is 1. The summed E-state index contributed by atoms with van der Waals surface area (Å²) >= 11 is 12.6. The number of aromatic nitrogens is 4. The molecular weight excluding hydrogens is 534 g/mol. The average molecular weight is 563 g/mol. The van der Waals surface area contributed by atoms with Gasteiger partial charge in [0.25, 0.3) is 0 Å². The summed E-state index contributed by atoms with van der Waals surface area (Å²) in [6, 6.07) is 2.36. The zero-order chi connectivity index (χ0) is 27.0. The van der Waals surface area contributed by atoms with E-state index in [1.807, 2.05) is 9.47 Å². The topological polar surface area (TPSA) is 131 Å². The van der Waals surface area contributed by atoms with Crippen LogP contribution in [0.1, 0.15) is 51.5 Å². The Morgan fingerprint density at radius 1 is 1.11 bits per heavy atom. The molecule has 13 heteroatoms. The van der Waals surface area contributed by atoms with Gasteiger partial charge in [-0.25, -0.2) is 14.4 Å². The lowest BCUT2D eigenvalue weighted by molar-refractivity contribution is -0.129. The number of imidazole rings is 1. The molecule has 2 amide bonds. The molecule has 1 saturated carbocycles. The molecule has 3 heterocycles. The molecule has 0 bridgehead atoms. The number of hydrogen-bond donors (Lipinski definition) is 3. The Labute approximate surface area is 229 Å². The van der Waals surface area contributed by atoms with Gasteiger partial charge in [0.05, 0.1) is 21.9 Å². The van der Waals surface area contributed by atoms with E-state index in [1.165, 1.54) is 12.1 Å². The van der Waals surface area contributed by atoms with Crippen molar-refractivity contribution in [2.24, 2.45) is 11.7 Å². The molecule has 1 aliphatic carbocycles. The van der Waals surface area contributed by atoms with Crippen molar-refractivity contribution in [1.82, 2.24) is 24.4 Å². The van der Waals surface area contributed by atoms with Crippen LogP contribution in [-0.4, -0.2) is 55.4 Å². The zero-order valence-electron chi connectivity index (χ0n) is 20.9. The summed E-state index contributed by atoms with van der Waals surface area (Å²) in [7, 11) is 0. The number of fused-ring (bicyclic) bond motifs is 1. The van der Waals surface area contributed by atoms with Gasteiger partial charge in [-0.3, -0.25) is 14.2 Å². The van der Waals surface area contributed by atoms with Gasteiger partial charge in [-0.2, -0.15) is 4.98 Å². The van der Waals surface area contributed by atoms with E-state index in [0.29, 0.717) is 61.0 Å². The van der Waals surface area contributed by atoms with Gasteiger partial charge in [0.1, 0.15) is 11.3 Å². The molecule has 5 rings (SSSR count). The summed E-state index contributed by atoms with van der Waals surface area (Å²) in [5.74, 6) is -0.0826. The predicted molar refractivity (Wildman–Crippen MR) is 144 cm³/mol. The van der Waals surface area contributed by atoms with E-state index in [2.05, 4.69) is 15.6 Å². The van der Waals surface area contributed by atoms with Crippen LogP contribution in [0.5, 0.6) is 0 Å². The molecule has 4 N–H and O–H groups in total. The summed E-state index contributed by atoms with van der Waals surface area (Å²) in [5.41, 5.74) is 7.03. The van der Waals surface area contributed by atoms with Crippen LogP contribution >= 0.6 is 23.2 Å². The normalized spacial score (nSPS) is 21.9. The van der Waals surface area contributed by atoms with Crippen LogP contribution in [0.3, 0.4) is 0 Å². The van der Waals surface area contributed by atoms with Crippen molar-refractivity contribution < 1.29 is 14.0 Å².